The minimum Gasteiger partial charge on any atom is -0.390 e. The predicted molar refractivity (Wildman–Crippen MR) is 47.3 cm³/mol. The molecule has 0 bridgehead atoms. The Bertz CT molecular complexity index is 174. The summed E-state index contributed by atoms with van der Waals surface area (Å²) in [5, 5.41) is 12.1. The van der Waals surface area contributed by atoms with Gasteiger partial charge in [0.05, 0.1) is 5.60 Å². The van der Waals surface area contributed by atoms with E-state index in [0.717, 1.165) is 32.4 Å². The lowest BCUT2D eigenvalue weighted by Crippen LogP contribution is -2.55. The maximum absolute atomic E-state index is 10.2. The maximum Gasteiger partial charge on any atom is 0.0701 e. The molecule has 0 aromatic carbocycles. The Kier molecular flexibility index (Phi) is 2.10. The van der Waals surface area contributed by atoms with Gasteiger partial charge < -0.3 is 5.11 Å². The van der Waals surface area contributed by atoms with Gasteiger partial charge in [0, 0.05) is 19.0 Å². The van der Waals surface area contributed by atoms with Crippen LogP contribution in [0.3, 0.4) is 0 Å². The fourth-order valence-electron chi connectivity index (χ4n) is 2.60. The first-order chi connectivity index (χ1) is 5.71. The van der Waals surface area contributed by atoms with Crippen LogP contribution in [-0.2, 0) is 0 Å². The standard InChI is InChI=1S/C9H18N2O/c10-11-6-5-9(12)4-2-1-3-8(9)7-11/h8,12H,1-7,10H2. The molecule has 0 amide bonds. The molecule has 1 saturated carbocycles. The van der Waals surface area contributed by atoms with Crippen LogP contribution in [0.1, 0.15) is 32.1 Å². The summed E-state index contributed by atoms with van der Waals surface area (Å²) < 4.78 is 0. The summed E-state index contributed by atoms with van der Waals surface area (Å²) in [6, 6.07) is 0. The van der Waals surface area contributed by atoms with Gasteiger partial charge in [0.25, 0.3) is 0 Å². The fourth-order valence-corrected chi connectivity index (χ4v) is 2.60. The van der Waals surface area contributed by atoms with E-state index in [1.54, 1.807) is 0 Å². The molecular weight excluding hydrogens is 152 g/mol. The molecule has 2 fully saturated rings. The maximum atomic E-state index is 10.2. The highest BCUT2D eigenvalue weighted by molar-refractivity contribution is 4.94. The van der Waals surface area contributed by atoms with Crippen LogP contribution < -0.4 is 5.84 Å². The summed E-state index contributed by atoms with van der Waals surface area (Å²) >= 11 is 0. The molecule has 1 aliphatic heterocycles. The summed E-state index contributed by atoms with van der Waals surface area (Å²) in [7, 11) is 0. The number of hydrogen-bond donors (Lipinski definition) is 2. The number of fused-ring (bicyclic) bond motifs is 1. The highest BCUT2D eigenvalue weighted by Gasteiger charge is 2.41. The molecule has 3 heteroatoms. The van der Waals surface area contributed by atoms with E-state index in [-0.39, 0.29) is 5.60 Å². The van der Waals surface area contributed by atoms with Gasteiger partial charge in [-0.15, -0.1) is 0 Å². The zero-order valence-corrected chi connectivity index (χ0v) is 7.50. The Hall–Kier alpha value is -0.120. The highest BCUT2D eigenvalue weighted by atomic mass is 16.3. The van der Waals surface area contributed by atoms with Crippen molar-refractivity contribution in [3.8, 4) is 0 Å². The minimum absolute atomic E-state index is 0.367. The second-order valence-electron chi connectivity index (χ2n) is 4.29. The molecule has 1 saturated heterocycles. The Labute approximate surface area is 73.5 Å². The topological polar surface area (TPSA) is 49.5 Å². The van der Waals surface area contributed by atoms with Crippen molar-refractivity contribution in [2.45, 2.75) is 37.7 Å². The van der Waals surface area contributed by atoms with Crippen molar-refractivity contribution in [1.82, 2.24) is 5.01 Å². The second-order valence-corrected chi connectivity index (χ2v) is 4.29. The van der Waals surface area contributed by atoms with Crippen LogP contribution in [0.2, 0.25) is 0 Å². The highest BCUT2D eigenvalue weighted by Crippen LogP contribution is 2.38. The van der Waals surface area contributed by atoms with Gasteiger partial charge in [0.2, 0.25) is 0 Å². The number of rotatable bonds is 0. The van der Waals surface area contributed by atoms with Crippen molar-refractivity contribution in [3.63, 3.8) is 0 Å². The molecule has 2 unspecified atom stereocenters. The van der Waals surface area contributed by atoms with E-state index in [4.69, 9.17) is 5.84 Å². The molecule has 0 spiro atoms. The van der Waals surface area contributed by atoms with Crippen LogP contribution >= 0.6 is 0 Å². The van der Waals surface area contributed by atoms with Crippen molar-refractivity contribution in [3.05, 3.63) is 0 Å². The summed E-state index contributed by atoms with van der Waals surface area (Å²) in [5.74, 6) is 6.16. The molecule has 1 aliphatic carbocycles. The van der Waals surface area contributed by atoms with Crippen LogP contribution in [0, 0.1) is 5.92 Å². The predicted octanol–water partition coefficient (Wildman–Crippen LogP) is 0.487. The molecule has 0 aromatic heterocycles. The molecule has 3 N–H and O–H groups in total. The lowest BCUT2D eigenvalue weighted by atomic mass is 9.71. The van der Waals surface area contributed by atoms with Gasteiger partial charge in [-0.3, -0.25) is 5.84 Å². The van der Waals surface area contributed by atoms with Gasteiger partial charge in [0.1, 0.15) is 0 Å². The van der Waals surface area contributed by atoms with Crippen molar-refractivity contribution >= 4 is 0 Å². The smallest absolute Gasteiger partial charge is 0.0701 e. The lowest BCUT2D eigenvalue weighted by Gasteiger charge is -2.46. The van der Waals surface area contributed by atoms with E-state index in [2.05, 4.69) is 0 Å². The second kappa shape index (κ2) is 2.98. The molecule has 2 atom stereocenters. The Balaban J connectivity index is 2.06. The Morgan fingerprint density at radius 1 is 1.33 bits per heavy atom. The average molecular weight is 170 g/mol. The van der Waals surface area contributed by atoms with Crippen LogP contribution in [-0.4, -0.2) is 28.8 Å². The number of hydrogen-bond acceptors (Lipinski definition) is 3. The monoisotopic (exact) mass is 170 g/mol. The fraction of sp³-hybridized carbons (Fsp3) is 1.00. The number of nitrogens with two attached hydrogens (primary N) is 1. The normalized spacial score (nSPS) is 44.0. The number of hydrazine groups is 1. The van der Waals surface area contributed by atoms with E-state index < -0.39 is 0 Å². The molecule has 70 valence electrons. The van der Waals surface area contributed by atoms with Gasteiger partial charge in [-0.25, -0.2) is 5.01 Å². The van der Waals surface area contributed by atoms with Crippen molar-refractivity contribution in [2.24, 2.45) is 11.8 Å². The first-order valence-corrected chi connectivity index (χ1v) is 4.93. The molecule has 0 radical (unpaired) electrons. The van der Waals surface area contributed by atoms with Gasteiger partial charge in [-0.05, 0) is 19.3 Å². The molecule has 12 heavy (non-hydrogen) atoms. The number of piperidine rings is 1. The van der Waals surface area contributed by atoms with Crippen LogP contribution in [0.5, 0.6) is 0 Å². The Morgan fingerprint density at radius 3 is 3.00 bits per heavy atom. The largest absolute Gasteiger partial charge is 0.390 e. The Morgan fingerprint density at radius 2 is 2.17 bits per heavy atom. The first-order valence-electron chi connectivity index (χ1n) is 4.93. The van der Waals surface area contributed by atoms with E-state index in [0.29, 0.717) is 5.92 Å². The molecule has 2 aliphatic rings. The third kappa shape index (κ3) is 1.37. The van der Waals surface area contributed by atoms with E-state index >= 15 is 0 Å². The molecular formula is C9H18N2O. The molecule has 1 heterocycles. The van der Waals surface area contributed by atoms with Crippen molar-refractivity contribution in [1.29, 1.82) is 0 Å². The quantitative estimate of drug-likeness (QED) is 0.520. The van der Waals surface area contributed by atoms with Gasteiger partial charge in [0.15, 0.2) is 0 Å². The van der Waals surface area contributed by atoms with E-state index in [9.17, 15) is 5.11 Å². The molecule has 2 rings (SSSR count). The van der Waals surface area contributed by atoms with E-state index in [1.807, 2.05) is 5.01 Å². The molecule has 3 nitrogen and oxygen atoms in total. The van der Waals surface area contributed by atoms with Crippen molar-refractivity contribution in [2.75, 3.05) is 13.1 Å². The molecule has 0 aromatic rings. The third-order valence-electron chi connectivity index (χ3n) is 3.46. The van der Waals surface area contributed by atoms with Crippen LogP contribution in [0.15, 0.2) is 0 Å². The summed E-state index contributed by atoms with van der Waals surface area (Å²) in [5.41, 5.74) is -0.367. The van der Waals surface area contributed by atoms with Gasteiger partial charge in [-0.2, -0.15) is 0 Å². The van der Waals surface area contributed by atoms with Gasteiger partial charge in [-0.1, -0.05) is 12.8 Å². The van der Waals surface area contributed by atoms with E-state index in [1.165, 1.54) is 12.8 Å². The van der Waals surface area contributed by atoms with Crippen LogP contribution in [0.25, 0.3) is 0 Å². The third-order valence-corrected chi connectivity index (χ3v) is 3.46. The van der Waals surface area contributed by atoms with Crippen molar-refractivity contribution < 1.29 is 5.11 Å². The average Bonchev–Trinajstić information content (AvgIpc) is 2.06. The zero-order valence-electron chi connectivity index (χ0n) is 7.50. The SMILES string of the molecule is NN1CCC2(O)CCCCC2C1. The first kappa shape index (κ1) is 8.48. The lowest BCUT2D eigenvalue weighted by molar-refractivity contribution is -0.0956. The van der Waals surface area contributed by atoms with Crippen LogP contribution in [0.4, 0.5) is 0 Å². The van der Waals surface area contributed by atoms with Gasteiger partial charge >= 0.3 is 0 Å². The number of aliphatic hydroxyl groups is 1. The minimum atomic E-state index is -0.367. The summed E-state index contributed by atoms with van der Waals surface area (Å²) in [6.07, 6.45) is 5.47. The number of nitrogens with zero attached hydrogens (tertiary/aromatic N) is 1. The zero-order chi connectivity index (χ0) is 8.60. The summed E-state index contributed by atoms with van der Waals surface area (Å²) in [4.78, 5) is 0. The summed E-state index contributed by atoms with van der Waals surface area (Å²) in [6.45, 7) is 1.74.